The van der Waals surface area contributed by atoms with Gasteiger partial charge in [0.05, 0.1) is 24.2 Å². The highest BCUT2D eigenvalue weighted by atomic mass is 32.2. The Morgan fingerprint density at radius 1 is 1.15 bits per heavy atom. The van der Waals surface area contributed by atoms with Crippen LogP contribution in [0.3, 0.4) is 0 Å². The summed E-state index contributed by atoms with van der Waals surface area (Å²) in [7, 11) is -1.77. The number of hydrogen-bond donors (Lipinski definition) is 1. The van der Waals surface area contributed by atoms with Gasteiger partial charge in [-0.15, -0.1) is 0 Å². The SMILES string of the molecule is Cc1cc(C)cc(OCCN(C)[C@@H](C)C(=O)Nc2cccc(S(=O)(=O)N3CCOCC3)c2)c1. The third-order valence-corrected chi connectivity index (χ3v) is 7.55. The van der Waals surface area contributed by atoms with Crippen molar-refractivity contribution in [3.8, 4) is 5.75 Å². The third kappa shape index (κ3) is 6.77. The molecule has 1 fully saturated rings. The summed E-state index contributed by atoms with van der Waals surface area (Å²) in [6, 6.07) is 12.0. The summed E-state index contributed by atoms with van der Waals surface area (Å²) in [4.78, 5) is 14.8. The molecule has 0 radical (unpaired) electrons. The summed E-state index contributed by atoms with van der Waals surface area (Å²) in [5, 5.41) is 2.83. The van der Waals surface area contributed by atoms with E-state index in [0.717, 1.165) is 16.9 Å². The summed E-state index contributed by atoms with van der Waals surface area (Å²) in [5.74, 6) is 0.598. The minimum Gasteiger partial charge on any atom is -0.492 e. The number of ether oxygens (including phenoxy) is 2. The number of amides is 1. The molecule has 33 heavy (non-hydrogen) atoms. The van der Waals surface area contributed by atoms with Crippen LogP contribution in [0.15, 0.2) is 47.4 Å². The molecule has 1 heterocycles. The summed E-state index contributed by atoms with van der Waals surface area (Å²) in [5.41, 5.74) is 2.73. The van der Waals surface area contributed by atoms with Gasteiger partial charge in [0.1, 0.15) is 12.4 Å². The van der Waals surface area contributed by atoms with Crippen LogP contribution in [0.5, 0.6) is 5.75 Å². The van der Waals surface area contributed by atoms with E-state index < -0.39 is 16.1 Å². The first kappa shape index (κ1) is 25.2. The second-order valence-corrected chi connectivity index (χ2v) is 10.3. The van der Waals surface area contributed by atoms with Gasteiger partial charge in [0.25, 0.3) is 0 Å². The van der Waals surface area contributed by atoms with E-state index in [-0.39, 0.29) is 10.8 Å². The highest BCUT2D eigenvalue weighted by Gasteiger charge is 2.27. The van der Waals surface area contributed by atoms with Crippen molar-refractivity contribution in [2.75, 3.05) is 51.8 Å². The van der Waals surface area contributed by atoms with Gasteiger partial charge in [0.2, 0.25) is 15.9 Å². The van der Waals surface area contributed by atoms with E-state index in [9.17, 15) is 13.2 Å². The van der Waals surface area contributed by atoms with Crippen LogP contribution in [-0.2, 0) is 19.6 Å². The van der Waals surface area contributed by atoms with Crippen molar-refractivity contribution in [1.29, 1.82) is 0 Å². The van der Waals surface area contributed by atoms with Crippen LogP contribution in [0.2, 0.25) is 0 Å². The van der Waals surface area contributed by atoms with Crippen molar-refractivity contribution in [3.63, 3.8) is 0 Å². The smallest absolute Gasteiger partial charge is 0.243 e. The average molecular weight is 476 g/mol. The van der Waals surface area contributed by atoms with Gasteiger partial charge >= 0.3 is 0 Å². The van der Waals surface area contributed by atoms with Crippen LogP contribution in [0, 0.1) is 13.8 Å². The lowest BCUT2D eigenvalue weighted by Crippen LogP contribution is -2.41. The fourth-order valence-electron chi connectivity index (χ4n) is 3.63. The summed E-state index contributed by atoms with van der Waals surface area (Å²) < 4.78 is 38.3. The normalized spacial score (nSPS) is 15.9. The molecular weight excluding hydrogens is 442 g/mol. The first-order chi connectivity index (χ1) is 15.7. The molecule has 0 bridgehead atoms. The van der Waals surface area contributed by atoms with Crippen LogP contribution in [0.25, 0.3) is 0 Å². The number of carbonyl (C=O) groups excluding carboxylic acids is 1. The Bertz CT molecular complexity index is 1050. The molecule has 1 N–H and O–H groups in total. The van der Waals surface area contributed by atoms with Crippen molar-refractivity contribution in [2.45, 2.75) is 31.7 Å². The molecule has 1 amide bonds. The molecule has 180 valence electrons. The van der Waals surface area contributed by atoms with E-state index in [4.69, 9.17) is 9.47 Å². The Labute approximate surface area is 196 Å². The summed E-state index contributed by atoms with van der Waals surface area (Å²) in [6.07, 6.45) is 0. The van der Waals surface area contributed by atoms with Crippen molar-refractivity contribution in [2.24, 2.45) is 0 Å². The molecule has 0 unspecified atom stereocenters. The van der Waals surface area contributed by atoms with Crippen molar-refractivity contribution >= 4 is 21.6 Å². The number of nitrogens with one attached hydrogen (secondary N) is 1. The van der Waals surface area contributed by atoms with Gasteiger partial charge in [0.15, 0.2) is 0 Å². The Kier molecular flexibility index (Phi) is 8.47. The van der Waals surface area contributed by atoms with Crippen LogP contribution in [0.1, 0.15) is 18.1 Å². The van der Waals surface area contributed by atoms with Gasteiger partial charge in [-0.25, -0.2) is 8.42 Å². The van der Waals surface area contributed by atoms with Crippen molar-refractivity contribution in [3.05, 3.63) is 53.6 Å². The highest BCUT2D eigenvalue weighted by Crippen LogP contribution is 2.21. The Balaban J connectivity index is 1.56. The van der Waals surface area contributed by atoms with Gasteiger partial charge in [-0.1, -0.05) is 12.1 Å². The van der Waals surface area contributed by atoms with E-state index in [2.05, 4.69) is 11.4 Å². The predicted molar refractivity (Wildman–Crippen MR) is 128 cm³/mol. The number of anilines is 1. The number of rotatable bonds is 9. The van der Waals surface area contributed by atoms with Crippen LogP contribution < -0.4 is 10.1 Å². The molecule has 0 saturated carbocycles. The average Bonchev–Trinajstić information content (AvgIpc) is 2.78. The molecule has 1 aliphatic rings. The molecule has 8 nitrogen and oxygen atoms in total. The minimum absolute atomic E-state index is 0.157. The monoisotopic (exact) mass is 475 g/mol. The largest absolute Gasteiger partial charge is 0.492 e. The highest BCUT2D eigenvalue weighted by molar-refractivity contribution is 7.89. The second-order valence-electron chi connectivity index (χ2n) is 8.36. The van der Waals surface area contributed by atoms with Gasteiger partial charge in [0, 0.05) is 25.3 Å². The molecule has 1 aliphatic heterocycles. The standard InChI is InChI=1S/C24H33N3O5S/c1-18-14-19(2)16-22(15-18)32-13-8-26(4)20(3)24(28)25-21-6-5-7-23(17-21)33(29,30)27-9-11-31-12-10-27/h5-7,14-17,20H,8-13H2,1-4H3,(H,25,28)/t20-/m0/s1. The molecule has 2 aromatic carbocycles. The van der Waals surface area contributed by atoms with Gasteiger partial charge < -0.3 is 14.8 Å². The molecule has 0 aromatic heterocycles. The maximum atomic E-state index is 12.9. The fraction of sp³-hybridized carbons (Fsp3) is 0.458. The maximum absolute atomic E-state index is 12.9. The zero-order chi connectivity index (χ0) is 24.0. The number of carbonyl (C=O) groups is 1. The number of morpholine rings is 1. The topological polar surface area (TPSA) is 88.2 Å². The zero-order valence-corrected chi connectivity index (χ0v) is 20.5. The number of hydrogen-bond acceptors (Lipinski definition) is 6. The summed E-state index contributed by atoms with van der Waals surface area (Å²) >= 11 is 0. The maximum Gasteiger partial charge on any atom is 0.243 e. The first-order valence-corrected chi connectivity index (χ1v) is 12.5. The Morgan fingerprint density at radius 2 is 1.82 bits per heavy atom. The van der Waals surface area contributed by atoms with E-state index in [1.807, 2.05) is 37.9 Å². The molecule has 3 rings (SSSR count). The molecule has 1 saturated heterocycles. The lowest BCUT2D eigenvalue weighted by atomic mass is 10.1. The first-order valence-electron chi connectivity index (χ1n) is 11.1. The summed E-state index contributed by atoms with van der Waals surface area (Å²) in [6.45, 7) is 8.28. The minimum atomic E-state index is -3.63. The lowest BCUT2D eigenvalue weighted by Gasteiger charge is -2.26. The molecule has 0 spiro atoms. The van der Waals surface area contributed by atoms with Crippen LogP contribution in [0.4, 0.5) is 5.69 Å². The van der Waals surface area contributed by atoms with E-state index in [1.165, 1.54) is 10.4 Å². The predicted octanol–water partition coefficient (Wildman–Crippen LogP) is 2.66. The van der Waals surface area contributed by atoms with Crippen molar-refractivity contribution in [1.82, 2.24) is 9.21 Å². The van der Waals surface area contributed by atoms with Crippen LogP contribution >= 0.6 is 0 Å². The number of benzene rings is 2. The molecule has 9 heteroatoms. The van der Waals surface area contributed by atoms with Gasteiger partial charge in [-0.3, -0.25) is 9.69 Å². The molecule has 1 atom stereocenters. The quantitative estimate of drug-likeness (QED) is 0.600. The lowest BCUT2D eigenvalue weighted by molar-refractivity contribution is -0.120. The molecule has 2 aromatic rings. The van der Waals surface area contributed by atoms with E-state index in [1.54, 1.807) is 25.1 Å². The molecule has 0 aliphatic carbocycles. The van der Waals surface area contributed by atoms with Crippen LogP contribution in [-0.4, -0.2) is 76.1 Å². The number of nitrogens with zero attached hydrogens (tertiary/aromatic N) is 2. The van der Waals surface area contributed by atoms with Gasteiger partial charge in [-0.05, 0) is 69.3 Å². The second kappa shape index (κ2) is 11.1. The third-order valence-electron chi connectivity index (χ3n) is 5.66. The van der Waals surface area contributed by atoms with E-state index >= 15 is 0 Å². The Morgan fingerprint density at radius 3 is 2.48 bits per heavy atom. The number of sulfonamides is 1. The van der Waals surface area contributed by atoms with E-state index in [0.29, 0.717) is 45.1 Å². The fourth-order valence-corrected chi connectivity index (χ4v) is 5.09. The Hall–Kier alpha value is -2.46. The zero-order valence-electron chi connectivity index (χ0n) is 19.7. The number of likely N-dealkylation sites (N-methyl/N-ethyl adjacent to an activating group) is 1. The molecular formula is C24H33N3O5S. The van der Waals surface area contributed by atoms with Gasteiger partial charge in [-0.2, -0.15) is 4.31 Å². The number of aryl methyl sites for hydroxylation is 2. The van der Waals surface area contributed by atoms with Crippen molar-refractivity contribution < 1.29 is 22.7 Å².